The van der Waals surface area contributed by atoms with Crippen molar-refractivity contribution >= 4 is 45.7 Å². The van der Waals surface area contributed by atoms with E-state index in [1.807, 2.05) is 0 Å². The van der Waals surface area contributed by atoms with Crippen molar-refractivity contribution in [2.75, 3.05) is 7.11 Å². The van der Waals surface area contributed by atoms with E-state index >= 15 is 0 Å². The summed E-state index contributed by atoms with van der Waals surface area (Å²) in [5.41, 5.74) is 1.33. The summed E-state index contributed by atoms with van der Waals surface area (Å²) in [6.07, 6.45) is 0. The highest BCUT2D eigenvalue weighted by Crippen LogP contribution is 2.34. The van der Waals surface area contributed by atoms with Crippen molar-refractivity contribution in [1.82, 2.24) is 4.98 Å². The predicted molar refractivity (Wildman–Crippen MR) is 67.5 cm³/mol. The van der Waals surface area contributed by atoms with Gasteiger partial charge in [0.15, 0.2) is 0 Å². The highest BCUT2D eigenvalue weighted by Gasteiger charge is 2.10. The van der Waals surface area contributed by atoms with E-state index in [1.165, 1.54) is 0 Å². The fourth-order valence-electron chi connectivity index (χ4n) is 1.49. The molecule has 2 aromatic rings. The van der Waals surface area contributed by atoms with Crippen LogP contribution in [-0.4, -0.2) is 12.1 Å². The van der Waals surface area contributed by atoms with Gasteiger partial charge in [-0.1, -0.05) is 34.8 Å². The SMILES string of the molecule is COCc1cc(Cl)c2c(Cl)ccc(Cl)c2n1. The molecule has 0 saturated heterocycles. The van der Waals surface area contributed by atoms with Gasteiger partial charge in [-0.25, -0.2) is 4.98 Å². The molecule has 0 aliphatic rings. The monoisotopic (exact) mass is 275 g/mol. The van der Waals surface area contributed by atoms with E-state index in [-0.39, 0.29) is 0 Å². The highest BCUT2D eigenvalue weighted by atomic mass is 35.5. The number of hydrogen-bond acceptors (Lipinski definition) is 2. The number of methoxy groups -OCH3 is 1. The molecule has 1 aromatic carbocycles. The molecule has 0 unspecified atom stereocenters. The largest absolute Gasteiger partial charge is 0.378 e. The molecular weight excluding hydrogens is 268 g/mol. The van der Waals surface area contributed by atoms with Crippen LogP contribution in [0.25, 0.3) is 10.9 Å². The second-order valence-electron chi connectivity index (χ2n) is 3.28. The molecule has 0 saturated carbocycles. The first kappa shape index (κ1) is 11.9. The predicted octanol–water partition coefficient (Wildman–Crippen LogP) is 4.34. The average molecular weight is 277 g/mol. The van der Waals surface area contributed by atoms with Gasteiger partial charge in [-0.05, 0) is 18.2 Å². The molecule has 2 rings (SSSR count). The van der Waals surface area contributed by atoms with E-state index in [4.69, 9.17) is 39.5 Å². The molecule has 0 N–H and O–H groups in total. The van der Waals surface area contributed by atoms with E-state index in [1.54, 1.807) is 25.3 Å². The second kappa shape index (κ2) is 4.76. The summed E-state index contributed by atoms with van der Waals surface area (Å²) in [7, 11) is 1.60. The standard InChI is InChI=1S/C11H8Cl3NO/c1-16-5-6-4-9(14)10-7(12)2-3-8(13)11(10)15-6/h2-4H,5H2,1H3. The van der Waals surface area contributed by atoms with Gasteiger partial charge in [0.1, 0.15) is 0 Å². The Morgan fingerprint density at radius 1 is 1.12 bits per heavy atom. The zero-order valence-electron chi connectivity index (χ0n) is 8.43. The molecule has 0 amide bonds. The fourth-order valence-corrected chi connectivity index (χ4v) is 2.31. The summed E-state index contributed by atoms with van der Waals surface area (Å²) in [6, 6.07) is 5.14. The first-order valence-electron chi connectivity index (χ1n) is 4.55. The Morgan fingerprint density at radius 3 is 2.50 bits per heavy atom. The van der Waals surface area contributed by atoms with Crippen LogP contribution < -0.4 is 0 Å². The smallest absolute Gasteiger partial charge is 0.0922 e. The summed E-state index contributed by atoms with van der Waals surface area (Å²) in [5, 5.41) is 2.28. The fraction of sp³-hybridized carbons (Fsp3) is 0.182. The molecule has 2 nitrogen and oxygen atoms in total. The number of benzene rings is 1. The first-order chi connectivity index (χ1) is 7.63. The highest BCUT2D eigenvalue weighted by molar-refractivity contribution is 6.44. The minimum absolute atomic E-state index is 0.387. The lowest BCUT2D eigenvalue weighted by Gasteiger charge is -2.07. The third-order valence-corrected chi connectivity index (χ3v) is 3.08. The number of rotatable bonds is 2. The van der Waals surface area contributed by atoms with Crippen molar-refractivity contribution in [1.29, 1.82) is 0 Å². The third kappa shape index (κ3) is 2.11. The van der Waals surface area contributed by atoms with E-state index in [9.17, 15) is 0 Å². The number of ether oxygens (including phenoxy) is 1. The van der Waals surface area contributed by atoms with Crippen molar-refractivity contribution in [3.63, 3.8) is 0 Å². The van der Waals surface area contributed by atoms with E-state index < -0.39 is 0 Å². The summed E-state index contributed by atoms with van der Waals surface area (Å²) in [6.45, 7) is 0.387. The maximum Gasteiger partial charge on any atom is 0.0922 e. The van der Waals surface area contributed by atoms with E-state index in [2.05, 4.69) is 4.98 Å². The van der Waals surface area contributed by atoms with Crippen molar-refractivity contribution in [3.05, 3.63) is 39.0 Å². The Bertz CT molecular complexity index is 542. The Balaban J connectivity index is 2.76. The van der Waals surface area contributed by atoms with Crippen LogP contribution in [0.5, 0.6) is 0 Å². The number of halogens is 3. The molecule has 0 bridgehead atoms. The molecule has 5 heteroatoms. The molecule has 0 fully saturated rings. The maximum atomic E-state index is 6.14. The van der Waals surface area contributed by atoms with Crippen LogP contribution in [0.2, 0.25) is 15.1 Å². The molecule has 16 heavy (non-hydrogen) atoms. The van der Waals surface area contributed by atoms with E-state index in [0.717, 1.165) is 5.69 Å². The summed E-state index contributed by atoms with van der Waals surface area (Å²) in [5.74, 6) is 0. The summed E-state index contributed by atoms with van der Waals surface area (Å²) in [4.78, 5) is 4.36. The lowest BCUT2D eigenvalue weighted by molar-refractivity contribution is 0.182. The molecule has 0 radical (unpaired) electrons. The Morgan fingerprint density at radius 2 is 1.81 bits per heavy atom. The van der Waals surface area contributed by atoms with Gasteiger partial charge in [-0.2, -0.15) is 0 Å². The maximum absolute atomic E-state index is 6.14. The van der Waals surface area contributed by atoms with Crippen molar-refractivity contribution < 1.29 is 4.74 Å². The molecule has 0 aliphatic heterocycles. The number of pyridine rings is 1. The zero-order valence-corrected chi connectivity index (χ0v) is 10.7. The molecular formula is C11H8Cl3NO. The zero-order chi connectivity index (χ0) is 11.7. The van der Waals surface area contributed by atoms with Gasteiger partial charge >= 0.3 is 0 Å². The van der Waals surface area contributed by atoms with Crippen LogP contribution >= 0.6 is 34.8 Å². The first-order valence-corrected chi connectivity index (χ1v) is 5.69. The normalized spacial score (nSPS) is 11.0. The Kier molecular flexibility index (Phi) is 3.55. The van der Waals surface area contributed by atoms with Gasteiger partial charge in [0.05, 0.1) is 32.9 Å². The molecule has 0 spiro atoms. The van der Waals surface area contributed by atoms with Crippen molar-refractivity contribution in [3.8, 4) is 0 Å². The second-order valence-corrected chi connectivity index (χ2v) is 4.50. The van der Waals surface area contributed by atoms with Crippen LogP contribution in [0, 0.1) is 0 Å². The van der Waals surface area contributed by atoms with Crippen LogP contribution in [0.4, 0.5) is 0 Å². The van der Waals surface area contributed by atoms with Gasteiger partial charge in [0.2, 0.25) is 0 Å². The summed E-state index contributed by atoms with van der Waals surface area (Å²) < 4.78 is 5.00. The van der Waals surface area contributed by atoms with Gasteiger partial charge < -0.3 is 4.74 Å². The number of fused-ring (bicyclic) bond motifs is 1. The Hall–Kier alpha value is -0.540. The lowest BCUT2D eigenvalue weighted by Crippen LogP contribution is -1.94. The van der Waals surface area contributed by atoms with Gasteiger partial charge in [0, 0.05) is 12.5 Å². The van der Waals surface area contributed by atoms with Crippen LogP contribution in [0.15, 0.2) is 18.2 Å². The van der Waals surface area contributed by atoms with Crippen molar-refractivity contribution in [2.45, 2.75) is 6.61 Å². The van der Waals surface area contributed by atoms with Gasteiger partial charge in [-0.3, -0.25) is 0 Å². The van der Waals surface area contributed by atoms with Crippen molar-refractivity contribution in [2.24, 2.45) is 0 Å². The minimum Gasteiger partial charge on any atom is -0.378 e. The number of hydrogen-bond donors (Lipinski definition) is 0. The van der Waals surface area contributed by atoms with Gasteiger partial charge in [-0.15, -0.1) is 0 Å². The average Bonchev–Trinajstić information content (AvgIpc) is 2.23. The van der Waals surface area contributed by atoms with Crippen LogP contribution in [-0.2, 0) is 11.3 Å². The lowest BCUT2D eigenvalue weighted by atomic mass is 10.2. The quantitative estimate of drug-likeness (QED) is 0.814. The van der Waals surface area contributed by atoms with E-state index in [0.29, 0.717) is 32.6 Å². The van der Waals surface area contributed by atoms with Crippen LogP contribution in [0.3, 0.4) is 0 Å². The molecule has 84 valence electrons. The third-order valence-electron chi connectivity index (χ3n) is 2.16. The topological polar surface area (TPSA) is 22.1 Å². The molecule has 0 atom stereocenters. The minimum atomic E-state index is 0.387. The van der Waals surface area contributed by atoms with Crippen LogP contribution in [0.1, 0.15) is 5.69 Å². The summed E-state index contributed by atoms with van der Waals surface area (Å²) >= 11 is 18.2. The molecule has 0 aliphatic carbocycles. The molecule has 1 aromatic heterocycles. The molecule has 1 heterocycles. The Labute approximate surface area is 108 Å². The number of nitrogens with zero attached hydrogens (tertiary/aromatic N) is 1. The number of aromatic nitrogens is 1. The van der Waals surface area contributed by atoms with Gasteiger partial charge in [0.25, 0.3) is 0 Å².